The quantitative estimate of drug-likeness (QED) is 0.451. The molecule has 1 heterocycles. The molecule has 5 nitrogen and oxygen atoms in total. The number of aromatic amines is 1. The molecule has 0 aliphatic rings. The molecule has 0 radical (unpaired) electrons. The zero-order valence-corrected chi connectivity index (χ0v) is 16.9. The van der Waals surface area contributed by atoms with E-state index in [0.29, 0.717) is 21.6 Å². The molecule has 0 fully saturated rings. The Balaban J connectivity index is 1.62. The molecule has 3 aromatic rings. The summed E-state index contributed by atoms with van der Waals surface area (Å²) in [4.78, 5) is 31.4. The maximum atomic E-state index is 12.4. The van der Waals surface area contributed by atoms with Crippen LogP contribution in [0, 0.1) is 0 Å². The third kappa shape index (κ3) is 5.97. The predicted molar refractivity (Wildman–Crippen MR) is 113 cm³/mol. The van der Waals surface area contributed by atoms with Gasteiger partial charge in [0, 0.05) is 16.8 Å². The van der Waals surface area contributed by atoms with Crippen molar-refractivity contribution in [2.75, 3.05) is 0 Å². The van der Waals surface area contributed by atoms with Gasteiger partial charge in [0.1, 0.15) is 0 Å². The molecule has 0 saturated carbocycles. The molecule has 0 saturated heterocycles. The second-order valence-electron chi connectivity index (χ2n) is 6.34. The van der Waals surface area contributed by atoms with Crippen LogP contribution in [0.4, 0.5) is 0 Å². The topological polar surface area (TPSA) is 74.8 Å². The van der Waals surface area contributed by atoms with Crippen molar-refractivity contribution in [3.8, 4) is 0 Å². The number of nitrogens with one attached hydrogen (secondary N) is 2. The lowest BCUT2D eigenvalue weighted by Crippen LogP contribution is -2.29. The Morgan fingerprint density at radius 3 is 2.71 bits per heavy atom. The van der Waals surface area contributed by atoms with Gasteiger partial charge in [0.05, 0.1) is 18.2 Å². The van der Waals surface area contributed by atoms with Crippen LogP contribution < -0.4 is 10.9 Å². The molecule has 1 amide bonds. The fraction of sp³-hybridized carbons (Fsp3) is 0.190. The molecular formula is C21H20ClN3O2S. The van der Waals surface area contributed by atoms with Crippen LogP contribution in [-0.4, -0.2) is 15.9 Å². The number of hydrogen-bond donors (Lipinski definition) is 2. The van der Waals surface area contributed by atoms with Crippen LogP contribution in [0.25, 0.3) is 0 Å². The Morgan fingerprint density at radius 1 is 1.18 bits per heavy atom. The number of amides is 1. The Bertz CT molecular complexity index is 1010. The van der Waals surface area contributed by atoms with Gasteiger partial charge < -0.3 is 10.3 Å². The summed E-state index contributed by atoms with van der Waals surface area (Å²) in [7, 11) is 0. The minimum Gasteiger partial charge on any atom is -0.349 e. The molecule has 7 heteroatoms. The zero-order valence-electron chi connectivity index (χ0n) is 15.3. The molecule has 1 unspecified atom stereocenters. The molecule has 0 aliphatic carbocycles. The van der Waals surface area contributed by atoms with Crippen molar-refractivity contribution in [2.24, 2.45) is 0 Å². The van der Waals surface area contributed by atoms with E-state index < -0.39 is 0 Å². The van der Waals surface area contributed by atoms with Crippen molar-refractivity contribution in [1.29, 1.82) is 0 Å². The molecule has 28 heavy (non-hydrogen) atoms. The van der Waals surface area contributed by atoms with E-state index in [9.17, 15) is 9.59 Å². The summed E-state index contributed by atoms with van der Waals surface area (Å²) in [6.45, 7) is 1.92. The Labute approximate surface area is 172 Å². The number of carbonyl (C=O) groups excluding carboxylic acids is 1. The number of halogens is 1. The van der Waals surface area contributed by atoms with Gasteiger partial charge in [-0.15, -0.1) is 0 Å². The second-order valence-corrected chi connectivity index (χ2v) is 7.74. The number of H-pyrrole nitrogens is 1. The minimum absolute atomic E-state index is 0.0474. The van der Waals surface area contributed by atoms with E-state index in [0.717, 1.165) is 11.1 Å². The van der Waals surface area contributed by atoms with Crippen LogP contribution in [-0.2, 0) is 17.0 Å². The lowest BCUT2D eigenvalue weighted by molar-refractivity contribution is -0.121. The molecule has 2 N–H and O–H groups in total. The summed E-state index contributed by atoms with van der Waals surface area (Å²) >= 11 is 7.38. The lowest BCUT2D eigenvalue weighted by atomic mass is 10.1. The highest BCUT2D eigenvalue weighted by molar-refractivity contribution is 7.98. The van der Waals surface area contributed by atoms with Crippen LogP contribution in [0.15, 0.2) is 70.6 Å². The van der Waals surface area contributed by atoms with Gasteiger partial charge in [0.15, 0.2) is 5.16 Å². The summed E-state index contributed by atoms with van der Waals surface area (Å²) in [6.07, 6.45) is 0.0474. The number of benzene rings is 2. The van der Waals surface area contributed by atoms with Crippen LogP contribution in [0.1, 0.15) is 29.8 Å². The van der Waals surface area contributed by atoms with E-state index in [1.54, 1.807) is 0 Å². The molecular weight excluding hydrogens is 394 g/mol. The fourth-order valence-corrected chi connectivity index (χ4v) is 3.75. The van der Waals surface area contributed by atoms with E-state index in [4.69, 9.17) is 11.6 Å². The van der Waals surface area contributed by atoms with Gasteiger partial charge in [-0.1, -0.05) is 65.8 Å². The summed E-state index contributed by atoms with van der Waals surface area (Å²) in [5.41, 5.74) is 2.21. The predicted octanol–water partition coefficient (Wildman–Crippen LogP) is 4.14. The van der Waals surface area contributed by atoms with Crippen molar-refractivity contribution in [3.05, 3.63) is 92.9 Å². The average molecular weight is 414 g/mol. The molecule has 3 rings (SSSR count). The summed E-state index contributed by atoms with van der Waals surface area (Å²) < 4.78 is 0. The van der Waals surface area contributed by atoms with Gasteiger partial charge in [0.2, 0.25) is 5.91 Å². The second kappa shape index (κ2) is 9.57. The van der Waals surface area contributed by atoms with Crippen molar-refractivity contribution >= 4 is 29.3 Å². The van der Waals surface area contributed by atoms with Gasteiger partial charge in [-0.25, -0.2) is 4.98 Å². The standard InChI is InChI=1S/C21H20ClN3O2S/c1-14(16-7-3-2-4-8-16)23-19(26)11-18-12-20(27)25-21(24-18)28-13-15-6-5-9-17(22)10-15/h2-10,12,14H,11,13H2,1H3,(H,23,26)(H,24,25,27). The molecule has 2 aromatic carbocycles. The average Bonchev–Trinajstić information content (AvgIpc) is 2.66. The molecule has 1 atom stereocenters. The maximum absolute atomic E-state index is 12.4. The van der Waals surface area contributed by atoms with Crippen LogP contribution >= 0.6 is 23.4 Å². The van der Waals surface area contributed by atoms with Crippen molar-refractivity contribution < 1.29 is 4.79 Å². The number of rotatable bonds is 7. The van der Waals surface area contributed by atoms with Crippen molar-refractivity contribution in [2.45, 2.75) is 30.3 Å². The SMILES string of the molecule is CC(NC(=O)Cc1cc(=O)[nH]c(SCc2cccc(Cl)c2)n1)c1ccccc1. The normalized spacial score (nSPS) is 11.8. The minimum atomic E-state index is -0.275. The van der Waals surface area contributed by atoms with Gasteiger partial charge in [0.25, 0.3) is 5.56 Å². The number of aromatic nitrogens is 2. The highest BCUT2D eigenvalue weighted by atomic mass is 35.5. The Hall–Kier alpha value is -2.57. The summed E-state index contributed by atoms with van der Waals surface area (Å²) in [6, 6.07) is 18.5. The highest BCUT2D eigenvalue weighted by Gasteiger charge is 2.12. The van der Waals surface area contributed by atoms with E-state index in [1.165, 1.54) is 17.8 Å². The molecule has 0 spiro atoms. The highest BCUT2D eigenvalue weighted by Crippen LogP contribution is 2.20. The number of hydrogen-bond acceptors (Lipinski definition) is 4. The largest absolute Gasteiger partial charge is 0.349 e. The molecule has 0 bridgehead atoms. The van der Waals surface area contributed by atoms with Crippen molar-refractivity contribution in [1.82, 2.24) is 15.3 Å². The number of nitrogens with zero attached hydrogens (tertiary/aromatic N) is 1. The zero-order chi connectivity index (χ0) is 19.9. The third-order valence-electron chi connectivity index (χ3n) is 4.06. The molecule has 0 aliphatic heterocycles. The van der Waals surface area contributed by atoms with E-state index in [-0.39, 0.29) is 23.9 Å². The first-order valence-electron chi connectivity index (χ1n) is 8.81. The summed E-state index contributed by atoms with van der Waals surface area (Å²) in [5, 5.41) is 4.08. The van der Waals surface area contributed by atoms with Gasteiger partial charge in [-0.3, -0.25) is 9.59 Å². The summed E-state index contributed by atoms with van der Waals surface area (Å²) in [5.74, 6) is 0.435. The van der Waals surface area contributed by atoms with Gasteiger partial charge in [-0.05, 0) is 30.2 Å². The first-order valence-corrected chi connectivity index (χ1v) is 10.2. The first kappa shape index (κ1) is 20.2. The van der Waals surface area contributed by atoms with Crippen molar-refractivity contribution in [3.63, 3.8) is 0 Å². The Kier molecular flexibility index (Phi) is 6.90. The fourth-order valence-electron chi connectivity index (χ4n) is 2.70. The third-order valence-corrected chi connectivity index (χ3v) is 5.24. The van der Waals surface area contributed by atoms with Crippen LogP contribution in [0.5, 0.6) is 0 Å². The first-order chi connectivity index (χ1) is 13.5. The van der Waals surface area contributed by atoms with Gasteiger partial charge in [-0.2, -0.15) is 0 Å². The van der Waals surface area contributed by atoms with E-state index in [2.05, 4.69) is 15.3 Å². The number of thioether (sulfide) groups is 1. The van der Waals surface area contributed by atoms with Crippen LogP contribution in [0.2, 0.25) is 5.02 Å². The smallest absolute Gasteiger partial charge is 0.251 e. The maximum Gasteiger partial charge on any atom is 0.251 e. The Morgan fingerprint density at radius 2 is 1.96 bits per heavy atom. The van der Waals surface area contributed by atoms with Gasteiger partial charge >= 0.3 is 0 Å². The monoisotopic (exact) mass is 413 g/mol. The molecule has 144 valence electrons. The van der Waals surface area contributed by atoms with Crippen LogP contribution in [0.3, 0.4) is 0 Å². The molecule has 1 aromatic heterocycles. The van der Waals surface area contributed by atoms with E-state index in [1.807, 2.05) is 61.5 Å². The van der Waals surface area contributed by atoms with E-state index >= 15 is 0 Å². The number of carbonyl (C=O) groups is 1. The lowest BCUT2D eigenvalue weighted by Gasteiger charge is -2.14.